The first-order valence-electron chi connectivity index (χ1n) is 10.8. The predicted octanol–water partition coefficient (Wildman–Crippen LogP) is 4.32. The first-order valence-corrected chi connectivity index (χ1v) is 10.8. The number of nitrogens with one attached hydrogen (secondary N) is 2. The highest BCUT2D eigenvalue weighted by Gasteiger charge is 2.34. The fourth-order valence-corrected chi connectivity index (χ4v) is 3.63. The van der Waals surface area contributed by atoms with E-state index in [1.165, 1.54) is 0 Å². The molecule has 6 heteroatoms. The molecular weight excluding hydrogens is 368 g/mol. The van der Waals surface area contributed by atoms with Gasteiger partial charge in [0.15, 0.2) is 0 Å². The summed E-state index contributed by atoms with van der Waals surface area (Å²) in [6, 6.07) is 8.07. The lowest BCUT2D eigenvalue weighted by Gasteiger charge is -2.35. The molecule has 0 unspecified atom stereocenters. The molecule has 2 aromatic rings. The Morgan fingerprint density at radius 1 is 0.759 bits per heavy atom. The van der Waals surface area contributed by atoms with Gasteiger partial charge in [-0.15, -0.1) is 0 Å². The molecule has 1 aliphatic heterocycles. The van der Waals surface area contributed by atoms with Crippen molar-refractivity contribution in [2.45, 2.75) is 58.3 Å². The third-order valence-corrected chi connectivity index (χ3v) is 5.60. The van der Waals surface area contributed by atoms with Crippen molar-refractivity contribution in [2.24, 2.45) is 11.8 Å². The molecule has 0 radical (unpaired) electrons. The zero-order valence-electron chi connectivity index (χ0n) is 18.1. The number of hydrogen-bond acceptors (Lipinski definition) is 6. The van der Waals surface area contributed by atoms with Crippen LogP contribution in [0.3, 0.4) is 0 Å². The van der Waals surface area contributed by atoms with Gasteiger partial charge in [-0.25, -0.2) is 0 Å². The normalized spacial score (nSPS) is 28.1. The molecule has 0 saturated carbocycles. The van der Waals surface area contributed by atoms with Crippen LogP contribution in [0.5, 0.6) is 0 Å². The molecule has 0 aliphatic carbocycles. The molecule has 3 heterocycles. The lowest BCUT2D eigenvalue weighted by atomic mass is 9.95. The fourth-order valence-electron chi connectivity index (χ4n) is 3.63. The van der Waals surface area contributed by atoms with E-state index in [1.807, 2.05) is 24.3 Å². The summed E-state index contributed by atoms with van der Waals surface area (Å²) >= 11 is 0. The third-order valence-electron chi connectivity index (χ3n) is 5.60. The average molecular weight is 405 g/mol. The zero-order valence-corrected chi connectivity index (χ0v) is 18.1. The highest BCUT2D eigenvalue weighted by molar-refractivity contribution is 5.16. The van der Waals surface area contributed by atoms with Crippen LogP contribution in [0.1, 0.15) is 57.7 Å². The Hall–Kier alpha value is -1.60. The monoisotopic (exact) mass is 404 g/mol. The molecule has 2 aromatic heterocycles. The van der Waals surface area contributed by atoms with Gasteiger partial charge >= 0.3 is 0 Å². The molecule has 6 nitrogen and oxygen atoms in total. The maximum atomic E-state index is 5.97. The zero-order chi connectivity index (χ0) is 20.6. The SMILES string of the molecule is CC(C)[C@H]1COCCCOC[C@H](C(C)C)N[C@@H](c2ccco2)[C@H](c2ccco2)N1. The van der Waals surface area contributed by atoms with Gasteiger partial charge in [0.05, 0.1) is 37.8 Å². The van der Waals surface area contributed by atoms with E-state index in [1.54, 1.807) is 12.5 Å². The first-order chi connectivity index (χ1) is 14.1. The van der Waals surface area contributed by atoms with Crippen molar-refractivity contribution in [3.05, 3.63) is 48.3 Å². The van der Waals surface area contributed by atoms with Crippen molar-refractivity contribution in [1.82, 2.24) is 10.6 Å². The van der Waals surface area contributed by atoms with Crippen molar-refractivity contribution in [1.29, 1.82) is 0 Å². The summed E-state index contributed by atoms with van der Waals surface area (Å²) in [4.78, 5) is 0. The smallest absolute Gasteiger partial charge is 0.122 e. The Morgan fingerprint density at radius 3 is 1.55 bits per heavy atom. The Bertz CT molecular complexity index is 611. The predicted molar refractivity (Wildman–Crippen MR) is 113 cm³/mol. The van der Waals surface area contributed by atoms with Crippen LogP contribution in [0.2, 0.25) is 0 Å². The maximum absolute atomic E-state index is 5.97. The van der Waals surface area contributed by atoms with Gasteiger partial charge in [0, 0.05) is 25.3 Å². The fraction of sp³-hybridized carbons (Fsp3) is 0.652. The van der Waals surface area contributed by atoms with Gasteiger partial charge in [0.1, 0.15) is 11.5 Å². The van der Waals surface area contributed by atoms with Gasteiger partial charge < -0.3 is 28.9 Å². The Kier molecular flexibility index (Phi) is 8.36. The number of furan rings is 2. The second-order valence-electron chi connectivity index (χ2n) is 8.52. The highest BCUT2D eigenvalue weighted by Crippen LogP contribution is 2.32. The topological polar surface area (TPSA) is 68.8 Å². The summed E-state index contributed by atoms with van der Waals surface area (Å²) in [6.45, 7) is 11.6. The van der Waals surface area contributed by atoms with Gasteiger partial charge in [-0.05, 0) is 42.5 Å². The van der Waals surface area contributed by atoms with E-state index >= 15 is 0 Å². The van der Waals surface area contributed by atoms with Crippen LogP contribution < -0.4 is 10.6 Å². The van der Waals surface area contributed by atoms with Gasteiger partial charge in [-0.3, -0.25) is 0 Å². The van der Waals surface area contributed by atoms with Gasteiger partial charge in [0.2, 0.25) is 0 Å². The summed E-state index contributed by atoms with van der Waals surface area (Å²) in [5.74, 6) is 2.57. The molecule has 1 fully saturated rings. The molecule has 2 N–H and O–H groups in total. The Morgan fingerprint density at radius 2 is 1.21 bits per heavy atom. The van der Waals surface area contributed by atoms with Crippen molar-refractivity contribution < 1.29 is 18.3 Å². The van der Waals surface area contributed by atoms with E-state index < -0.39 is 0 Å². The number of hydrogen-bond donors (Lipinski definition) is 2. The molecule has 4 atom stereocenters. The van der Waals surface area contributed by atoms with Gasteiger partial charge in [-0.1, -0.05) is 27.7 Å². The molecule has 3 rings (SSSR count). The van der Waals surface area contributed by atoms with Gasteiger partial charge in [0.25, 0.3) is 0 Å². The highest BCUT2D eigenvalue weighted by atomic mass is 16.5. The first kappa shape index (κ1) is 22.1. The Balaban J connectivity index is 1.96. The molecule has 29 heavy (non-hydrogen) atoms. The second kappa shape index (κ2) is 11.0. The largest absolute Gasteiger partial charge is 0.468 e. The molecule has 1 aliphatic rings. The minimum atomic E-state index is -0.103. The summed E-state index contributed by atoms with van der Waals surface area (Å²) in [5.41, 5.74) is 0. The lowest BCUT2D eigenvalue weighted by molar-refractivity contribution is 0.0579. The average Bonchev–Trinajstić information content (AvgIpc) is 3.39. The van der Waals surface area contributed by atoms with Crippen molar-refractivity contribution in [2.75, 3.05) is 26.4 Å². The van der Waals surface area contributed by atoms with Crippen LogP contribution in [0.4, 0.5) is 0 Å². The van der Waals surface area contributed by atoms with Crippen LogP contribution in [0, 0.1) is 11.8 Å². The summed E-state index contributed by atoms with van der Waals surface area (Å²) in [7, 11) is 0. The summed E-state index contributed by atoms with van der Waals surface area (Å²) in [5, 5.41) is 7.62. The lowest BCUT2D eigenvalue weighted by Crippen LogP contribution is -2.48. The standard InChI is InChI=1S/C23H36N2O4/c1-16(2)18-14-26-10-7-11-27-15-19(17(3)4)25-23(21-9-6-13-29-21)22(24-18)20-8-5-12-28-20/h5-6,8-9,12-13,16-19,22-25H,7,10-11,14-15H2,1-4H3/t18-,19-,22+,23+/m1/s1. The number of ether oxygens (including phenoxy) is 2. The minimum Gasteiger partial charge on any atom is -0.468 e. The van der Waals surface area contributed by atoms with E-state index in [9.17, 15) is 0 Å². The Labute approximate surface area is 174 Å². The molecule has 0 bridgehead atoms. The van der Waals surface area contributed by atoms with E-state index in [4.69, 9.17) is 18.3 Å². The molecule has 0 aromatic carbocycles. The van der Waals surface area contributed by atoms with Crippen LogP contribution in [-0.2, 0) is 9.47 Å². The van der Waals surface area contributed by atoms with E-state index in [-0.39, 0.29) is 24.2 Å². The molecule has 1 saturated heterocycles. The second-order valence-corrected chi connectivity index (χ2v) is 8.52. The third kappa shape index (κ3) is 6.19. The summed E-state index contributed by atoms with van der Waals surface area (Å²) < 4.78 is 23.7. The number of rotatable bonds is 4. The maximum Gasteiger partial charge on any atom is 0.122 e. The quantitative estimate of drug-likeness (QED) is 0.791. The molecule has 0 spiro atoms. The van der Waals surface area contributed by atoms with Crippen LogP contribution in [-0.4, -0.2) is 38.5 Å². The van der Waals surface area contributed by atoms with Gasteiger partial charge in [-0.2, -0.15) is 0 Å². The molecule has 0 amide bonds. The van der Waals surface area contributed by atoms with Crippen molar-refractivity contribution >= 4 is 0 Å². The van der Waals surface area contributed by atoms with E-state index in [0.717, 1.165) is 17.9 Å². The minimum absolute atomic E-state index is 0.103. The van der Waals surface area contributed by atoms with Crippen LogP contribution >= 0.6 is 0 Å². The van der Waals surface area contributed by atoms with Crippen molar-refractivity contribution in [3.8, 4) is 0 Å². The molecule has 162 valence electrons. The van der Waals surface area contributed by atoms with E-state index in [2.05, 4.69) is 38.3 Å². The molecular formula is C23H36N2O4. The van der Waals surface area contributed by atoms with E-state index in [0.29, 0.717) is 38.3 Å². The van der Waals surface area contributed by atoms with Crippen molar-refractivity contribution in [3.63, 3.8) is 0 Å². The summed E-state index contributed by atoms with van der Waals surface area (Å²) in [6.07, 6.45) is 4.35. The van der Waals surface area contributed by atoms with Crippen LogP contribution in [0.15, 0.2) is 45.6 Å². The van der Waals surface area contributed by atoms with Crippen LogP contribution in [0.25, 0.3) is 0 Å².